The molecule has 0 heterocycles. The predicted octanol–water partition coefficient (Wildman–Crippen LogP) is 5.54. The van der Waals surface area contributed by atoms with Gasteiger partial charge in [-0.1, -0.05) is 37.3 Å². The first-order chi connectivity index (χ1) is 13.0. The Morgan fingerprint density at radius 1 is 0.926 bits per heavy atom. The van der Waals surface area contributed by atoms with Gasteiger partial charge >= 0.3 is 0 Å². The molecule has 3 heteroatoms. The van der Waals surface area contributed by atoms with Crippen LogP contribution in [0.1, 0.15) is 41.0 Å². The summed E-state index contributed by atoms with van der Waals surface area (Å²) in [6, 6.07) is 19.8. The summed E-state index contributed by atoms with van der Waals surface area (Å²) in [5.74, 6) is 1.12. The minimum absolute atomic E-state index is 0.182. The molecule has 27 heavy (non-hydrogen) atoms. The van der Waals surface area contributed by atoms with Crippen molar-refractivity contribution in [1.82, 2.24) is 0 Å². The first kappa shape index (κ1) is 17.6. The van der Waals surface area contributed by atoms with Gasteiger partial charge in [0.1, 0.15) is 17.3 Å². The molecular weight excluding hydrogens is 339 g/mol. The Morgan fingerprint density at radius 3 is 2.41 bits per heavy atom. The minimum atomic E-state index is -0.220. The number of benzene rings is 3. The molecule has 0 aliphatic heterocycles. The van der Waals surface area contributed by atoms with Gasteiger partial charge in [0.2, 0.25) is 0 Å². The van der Waals surface area contributed by atoms with Crippen LogP contribution in [0.4, 0.5) is 4.39 Å². The highest BCUT2D eigenvalue weighted by atomic mass is 19.1. The van der Waals surface area contributed by atoms with E-state index < -0.39 is 0 Å². The van der Waals surface area contributed by atoms with E-state index >= 15 is 0 Å². The molecule has 3 aromatic rings. The number of hydrogen-bond donors (Lipinski definition) is 2. The van der Waals surface area contributed by atoms with E-state index in [0.717, 1.165) is 24.0 Å². The van der Waals surface area contributed by atoms with Crippen molar-refractivity contribution in [3.8, 4) is 11.5 Å². The molecule has 1 aliphatic carbocycles. The largest absolute Gasteiger partial charge is 0.508 e. The van der Waals surface area contributed by atoms with E-state index in [9.17, 15) is 14.6 Å². The topological polar surface area (TPSA) is 40.5 Å². The molecule has 0 spiro atoms. The monoisotopic (exact) mass is 362 g/mol. The molecule has 0 unspecified atom stereocenters. The highest BCUT2D eigenvalue weighted by Gasteiger charge is 2.35. The molecule has 3 aromatic carbocycles. The van der Waals surface area contributed by atoms with Gasteiger partial charge in [0.15, 0.2) is 0 Å². The molecule has 3 atom stereocenters. The molecule has 0 radical (unpaired) electrons. The van der Waals surface area contributed by atoms with Crippen molar-refractivity contribution in [3.63, 3.8) is 0 Å². The quantitative estimate of drug-likeness (QED) is 0.642. The van der Waals surface area contributed by atoms with E-state index in [1.165, 1.54) is 17.2 Å². The van der Waals surface area contributed by atoms with E-state index in [1.54, 1.807) is 30.3 Å². The third-order valence-electron chi connectivity index (χ3n) is 5.90. The summed E-state index contributed by atoms with van der Waals surface area (Å²) in [4.78, 5) is 0. The third-order valence-corrected chi connectivity index (χ3v) is 5.90. The number of halogens is 1. The molecule has 0 aromatic heterocycles. The van der Waals surface area contributed by atoms with Gasteiger partial charge in [0.25, 0.3) is 0 Å². The Hall–Kier alpha value is -2.81. The Morgan fingerprint density at radius 2 is 1.67 bits per heavy atom. The second-order valence-electron chi connectivity index (χ2n) is 7.58. The van der Waals surface area contributed by atoms with Crippen molar-refractivity contribution < 1.29 is 14.6 Å². The summed E-state index contributed by atoms with van der Waals surface area (Å²) in [6.07, 6.45) is 1.62. The normalized spacial score (nSPS) is 21.6. The fourth-order valence-electron chi connectivity index (χ4n) is 4.46. The van der Waals surface area contributed by atoms with Crippen LogP contribution in [0.2, 0.25) is 0 Å². The van der Waals surface area contributed by atoms with E-state index in [-0.39, 0.29) is 23.2 Å². The van der Waals surface area contributed by atoms with Crippen LogP contribution in [0.15, 0.2) is 66.7 Å². The maximum absolute atomic E-state index is 13.7. The van der Waals surface area contributed by atoms with Crippen molar-refractivity contribution >= 4 is 0 Å². The molecule has 2 nitrogen and oxygen atoms in total. The van der Waals surface area contributed by atoms with Crippen LogP contribution in [0, 0.1) is 11.7 Å². The van der Waals surface area contributed by atoms with Gasteiger partial charge in [-0.2, -0.15) is 0 Å². The van der Waals surface area contributed by atoms with Gasteiger partial charge in [-0.3, -0.25) is 0 Å². The van der Waals surface area contributed by atoms with Crippen LogP contribution >= 0.6 is 0 Å². The summed E-state index contributed by atoms with van der Waals surface area (Å²) < 4.78 is 13.7. The van der Waals surface area contributed by atoms with Crippen molar-refractivity contribution in [2.75, 3.05) is 0 Å². The standard InChI is InChI=1S/C24H23FO2/c1-15-22(17-5-8-20(26)9-6-17)13-18-7-10-21(27)14-24(18)23(15)12-16-3-2-4-19(25)11-16/h2-11,14-15,22-23,26-27H,12-13H2,1H3/t15-,22-,23-/m1/s1. The van der Waals surface area contributed by atoms with E-state index in [4.69, 9.17) is 0 Å². The predicted molar refractivity (Wildman–Crippen MR) is 105 cm³/mol. The zero-order valence-electron chi connectivity index (χ0n) is 15.3. The van der Waals surface area contributed by atoms with Gasteiger partial charge in [-0.05, 0) is 89.2 Å². The maximum atomic E-state index is 13.7. The van der Waals surface area contributed by atoms with E-state index in [2.05, 4.69) is 6.92 Å². The fraction of sp³-hybridized carbons (Fsp3) is 0.250. The Labute approximate surface area is 158 Å². The second kappa shape index (κ2) is 7.07. The van der Waals surface area contributed by atoms with Crippen LogP contribution in [0.5, 0.6) is 11.5 Å². The van der Waals surface area contributed by atoms with Crippen molar-refractivity contribution in [1.29, 1.82) is 0 Å². The Kier molecular flexibility index (Phi) is 4.61. The van der Waals surface area contributed by atoms with E-state index in [1.807, 2.05) is 30.3 Å². The number of aromatic hydroxyl groups is 2. The molecule has 0 saturated heterocycles. The first-order valence-corrected chi connectivity index (χ1v) is 9.36. The van der Waals surface area contributed by atoms with Gasteiger partial charge in [-0.25, -0.2) is 4.39 Å². The van der Waals surface area contributed by atoms with Crippen LogP contribution in [0.3, 0.4) is 0 Å². The zero-order chi connectivity index (χ0) is 19.0. The molecule has 138 valence electrons. The highest BCUT2D eigenvalue weighted by molar-refractivity contribution is 5.43. The summed E-state index contributed by atoms with van der Waals surface area (Å²) in [5, 5.41) is 19.6. The zero-order valence-corrected chi connectivity index (χ0v) is 15.3. The molecule has 4 rings (SSSR count). The lowest BCUT2D eigenvalue weighted by Crippen LogP contribution is -2.27. The van der Waals surface area contributed by atoms with Crippen LogP contribution in [0.25, 0.3) is 0 Å². The van der Waals surface area contributed by atoms with E-state index in [0.29, 0.717) is 11.8 Å². The molecule has 0 bridgehead atoms. The van der Waals surface area contributed by atoms with Gasteiger partial charge in [0.05, 0.1) is 0 Å². The molecule has 0 fully saturated rings. The molecular formula is C24H23FO2. The van der Waals surface area contributed by atoms with Crippen molar-refractivity contribution in [2.24, 2.45) is 5.92 Å². The van der Waals surface area contributed by atoms with Gasteiger partial charge in [0, 0.05) is 0 Å². The minimum Gasteiger partial charge on any atom is -0.508 e. The Balaban J connectivity index is 1.74. The first-order valence-electron chi connectivity index (χ1n) is 9.36. The summed E-state index contributed by atoms with van der Waals surface area (Å²) >= 11 is 0. The molecule has 1 aliphatic rings. The van der Waals surface area contributed by atoms with Gasteiger partial charge in [-0.15, -0.1) is 0 Å². The highest BCUT2D eigenvalue weighted by Crippen LogP contribution is 2.46. The number of phenolic OH excluding ortho intramolecular Hbond substituents is 2. The number of hydrogen-bond acceptors (Lipinski definition) is 2. The third kappa shape index (κ3) is 3.55. The molecule has 2 N–H and O–H groups in total. The fourth-order valence-corrected chi connectivity index (χ4v) is 4.46. The van der Waals surface area contributed by atoms with Crippen LogP contribution in [-0.4, -0.2) is 10.2 Å². The summed E-state index contributed by atoms with van der Waals surface area (Å²) in [7, 11) is 0. The lowest BCUT2D eigenvalue weighted by atomic mass is 9.66. The lowest BCUT2D eigenvalue weighted by molar-refractivity contribution is 0.346. The Bertz CT molecular complexity index is 949. The van der Waals surface area contributed by atoms with Crippen LogP contribution < -0.4 is 0 Å². The van der Waals surface area contributed by atoms with Gasteiger partial charge < -0.3 is 10.2 Å². The lowest BCUT2D eigenvalue weighted by Gasteiger charge is -2.38. The SMILES string of the molecule is C[C@@H]1[C@H](c2ccc(O)cc2)Cc2ccc(O)cc2[C@@H]1Cc1cccc(F)c1. The maximum Gasteiger partial charge on any atom is 0.123 e. The second-order valence-corrected chi connectivity index (χ2v) is 7.58. The smallest absolute Gasteiger partial charge is 0.123 e. The number of phenols is 2. The summed E-state index contributed by atoms with van der Waals surface area (Å²) in [6.45, 7) is 2.23. The van der Waals surface area contributed by atoms with Crippen LogP contribution in [-0.2, 0) is 12.8 Å². The van der Waals surface area contributed by atoms with Crippen molar-refractivity contribution in [2.45, 2.75) is 31.6 Å². The molecule has 0 amide bonds. The number of rotatable bonds is 3. The number of fused-ring (bicyclic) bond motifs is 1. The average Bonchev–Trinajstić information content (AvgIpc) is 2.65. The molecule has 0 saturated carbocycles. The van der Waals surface area contributed by atoms with Crippen molar-refractivity contribution in [3.05, 3.63) is 94.8 Å². The summed E-state index contributed by atoms with van der Waals surface area (Å²) in [5.41, 5.74) is 4.54. The average molecular weight is 362 g/mol.